The Hall–Kier alpha value is -3.33. The number of thioether (sulfide) groups is 1. The van der Waals surface area contributed by atoms with Crippen molar-refractivity contribution in [3.8, 4) is 11.5 Å². The topological polar surface area (TPSA) is 95.3 Å². The van der Waals surface area contributed by atoms with Crippen LogP contribution in [0.2, 0.25) is 0 Å². The van der Waals surface area contributed by atoms with Gasteiger partial charge >= 0.3 is 5.69 Å². The second-order valence-corrected chi connectivity index (χ2v) is 8.59. The van der Waals surface area contributed by atoms with Gasteiger partial charge in [0.15, 0.2) is 11.5 Å². The van der Waals surface area contributed by atoms with E-state index in [0.29, 0.717) is 42.0 Å². The lowest BCUT2D eigenvalue weighted by atomic mass is 10.2. The first-order valence-electron chi connectivity index (χ1n) is 10.5. The number of hydrogen-bond acceptors (Lipinski definition) is 7. The average Bonchev–Trinajstić information content (AvgIpc) is 3.30. The van der Waals surface area contributed by atoms with Crippen molar-refractivity contribution in [3.05, 3.63) is 70.0 Å². The Labute approximate surface area is 189 Å². The van der Waals surface area contributed by atoms with Crippen molar-refractivity contribution in [2.24, 2.45) is 0 Å². The summed E-state index contributed by atoms with van der Waals surface area (Å²) in [5.41, 5.74) is 3.41. The van der Waals surface area contributed by atoms with Gasteiger partial charge in [0.25, 0.3) is 0 Å². The molecule has 32 heavy (non-hydrogen) atoms. The number of anilines is 1. The monoisotopic (exact) mass is 450 g/mol. The Morgan fingerprint density at radius 1 is 1.16 bits per heavy atom. The predicted octanol–water partition coefficient (Wildman–Crippen LogP) is 2.68. The molecule has 0 atom stereocenters. The third-order valence-corrected chi connectivity index (χ3v) is 6.45. The number of nitrogens with one attached hydrogen (secondary N) is 1. The van der Waals surface area contributed by atoms with Crippen LogP contribution < -0.4 is 20.5 Å². The molecule has 5 rings (SSSR count). The van der Waals surface area contributed by atoms with Gasteiger partial charge in [-0.25, -0.2) is 4.79 Å². The second kappa shape index (κ2) is 9.04. The number of hydrogen-bond donors (Lipinski definition) is 1. The molecular formula is C23H22N4O4S. The molecule has 3 aromatic rings. The number of carbonyl (C=O) groups excluding carboxylic acids is 1. The Morgan fingerprint density at radius 3 is 2.88 bits per heavy atom. The van der Waals surface area contributed by atoms with Gasteiger partial charge in [0.2, 0.25) is 5.91 Å². The number of aromatic nitrogens is 3. The summed E-state index contributed by atoms with van der Waals surface area (Å²) >= 11 is 1.31. The number of nitrogens with zero attached hydrogens (tertiary/aromatic N) is 3. The minimum atomic E-state index is -0.288. The molecule has 1 aliphatic heterocycles. The maximum absolute atomic E-state index is 12.8. The molecule has 2 aliphatic rings. The third-order valence-electron chi connectivity index (χ3n) is 5.43. The Morgan fingerprint density at radius 2 is 2.03 bits per heavy atom. The van der Waals surface area contributed by atoms with Crippen molar-refractivity contribution in [3.63, 3.8) is 0 Å². The molecule has 0 bridgehead atoms. The number of benzene rings is 1. The van der Waals surface area contributed by atoms with Crippen molar-refractivity contribution in [2.75, 3.05) is 24.3 Å². The summed E-state index contributed by atoms with van der Waals surface area (Å²) in [5.74, 6) is 1.30. The highest BCUT2D eigenvalue weighted by molar-refractivity contribution is 8.00. The van der Waals surface area contributed by atoms with Crippen LogP contribution in [0.25, 0.3) is 0 Å². The van der Waals surface area contributed by atoms with Crippen molar-refractivity contribution in [2.45, 2.75) is 30.8 Å². The van der Waals surface area contributed by atoms with E-state index in [1.54, 1.807) is 35.2 Å². The summed E-state index contributed by atoms with van der Waals surface area (Å²) in [6, 6.07) is 9.14. The largest absolute Gasteiger partial charge is 0.486 e. The fourth-order valence-corrected chi connectivity index (χ4v) is 4.87. The van der Waals surface area contributed by atoms with Crippen LogP contribution >= 0.6 is 11.8 Å². The molecule has 1 N–H and O–H groups in total. The van der Waals surface area contributed by atoms with Crippen LogP contribution in [-0.2, 0) is 24.2 Å². The molecule has 9 heteroatoms. The highest BCUT2D eigenvalue weighted by atomic mass is 32.2. The normalized spacial score (nSPS) is 14.1. The van der Waals surface area contributed by atoms with E-state index < -0.39 is 0 Å². The zero-order valence-electron chi connectivity index (χ0n) is 17.4. The van der Waals surface area contributed by atoms with Crippen molar-refractivity contribution < 1.29 is 14.3 Å². The SMILES string of the molecule is O=C(CSc1nc(=O)n(Cc2cccnc2)c2c1CCC2)Nc1ccc2c(c1)OCCO2. The van der Waals surface area contributed by atoms with Crippen LogP contribution in [0, 0.1) is 0 Å². The molecule has 2 aromatic heterocycles. The van der Waals surface area contributed by atoms with Crippen LogP contribution in [0.1, 0.15) is 23.2 Å². The molecule has 0 saturated carbocycles. The number of pyridine rings is 1. The molecule has 0 fully saturated rings. The van der Waals surface area contributed by atoms with Crippen LogP contribution in [0.5, 0.6) is 11.5 Å². The predicted molar refractivity (Wildman–Crippen MR) is 121 cm³/mol. The van der Waals surface area contributed by atoms with Gasteiger partial charge in [0, 0.05) is 35.4 Å². The summed E-state index contributed by atoms with van der Waals surface area (Å²) in [5, 5.41) is 3.53. The van der Waals surface area contributed by atoms with Crippen molar-refractivity contribution >= 4 is 23.4 Å². The molecule has 164 valence electrons. The lowest BCUT2D eigenvalue weighted by molar-refractivity contribution is -0.113. The lowest BCUT2D eigenvalue weighted by Crippen LogP contribution is -2.28. The van der Waals surface area contributed by atoms with E-state index in [1.807, 2.05) is 12.1 Å². The molecule has 8 nitrogen and oxygen atoms in total. The number of amides is 1. The van der Waals surface area contributed by atoms with Gasteiger partial charge in [-0.1, -0.05) is 17.8 Å². The Kier molecular flexibility index (Phi) is 5.81. The molecule has 1 aliphatic carbocycles. The van der Waals surface area contributed by atoms with Gasteiger partial charge in [-0.05, 0) is 43.0 Å². The first kappa shape index (κ1) is 20.6. The molecule has 0 radical (unpaired) electrons. The molecule has 0 spiro atoms. The minimum absolute atomic E-state index is 0.167. The third kappa shape index (κ3) is 4.34. The van der Waals surface area contributed by atoms with Gasteiger partial charge in [-0.15, -0.1) is 0 Å². The first-order chi connectivity index (χ1) is 15.7. The van der Waals surface area contributed by atoms with E-state index in [0.717, 1.165) is 36.1 Å². The molecule has 1 amide bonds. The molecule has 1 aromatic carbocycles. The molecule has 3 heterocycles. The van der Waals surface area contributed by atoms with Crippen LogP contribution in [-0.4, -0.2) is 39.4 Å². The van der Waals surface area contributed by atoms with Gasteiger partial charge in [-0.3, -0.25) is 14.3 Å². The maximum Gasteiger partial charge on any atom is 0.349 e. The fraction of sp³-hybridized carbons (Fsp3) is 0.304. The maximum atomic E-state index is 12.8. The number of rotatable bonds is 6. The number of ether oxygens (including phenoxy) is 2. The highest BCUT2D eigenvalue weighted by Gasteiger charge is 2.23. The van der Waals surface area contributed by atoms with E-state index in [2.05, 4.69) is 15.3 Å². The van der Waals surface area contributed by atoms with Gasteiger partial charge in [-0.2, -0.15) is 4.98 Å². The minimum Gasteiger partial charge on any atom is -0.486 e. The molecular weight excluding hydrogens is 428 g/mol. The van der Waals surface area contributed by atoms with E-state index in [1.165, 1.54) is 11.8 Å². The average molecular weight is 451 g/mol. The van der Waals surface area contributed by atoms with Crippen molar-refractivity contribution in [1.29, 1.82) is 0 Å². The van der Waals surface area contributed by atoms with Crippen LogP contribution in [0.3, 0.4) is 0 Å². The van der Waals surface area contributed by atoms with Crippen LogP contribution in [0.4, 0.5) is 5.69 Å². The Balaban J connectivity index is 1.28. The smallest absolute Gasteiger partial charge is 0.349 e. The van der Waals surface area contributed by atoms with E-state index >= 15 is 0 Å². The van der Waals surface area contributed by atoms with E-state index in [-0.39, 0.29) is 17.3 Å². The first-order valence-corrected chi connectivity index (χ1v) is 11.5. The Bertz CT molecular complexity index is 1210. The zero-order valence-corrected chi connectivity index (χ0v) is 18.2. The van der Waals surface area contributed by atoms with Gasteiger partial charge in [0.05, 0.1) is 12.3 Å². The summed E-state index contributed by atoms with van der Waals surface area (Å²) < 4.78 is 12.8. The van der Waals surface area contributed by atoms with E-state index in [9.17, 15) is 9.59 Å². The number of fused-ring (bicyclic) bond motifs is 2. The molecule has 0 unspecified atom stereocenters. The highest BCUT2D eigenvalue weighted by Crippen LogP contribution is 2.33. The molecule has 0 saturated heterocycles. The second-order valence-electron chi connectivity index (χ2n) is 7.62. The number of carbonyl (C=O) groups is 1. The fourth-order valence-electron chi connectivity index (χ4n) is 3.99. The summed E-state index contributed by atoms with van der Waals surface area (Å²) in [7, 11) is 0. The summed E-state index contributed by atoms with van der Waals surface area (Å²) in [4.78, 5) is 33.7. The van der Waals surface area contributed by atoms with Gasteiger partial charge < -0.3 is 14.8 Å². The summed E-state index contributed by atoms with van der Waals surface area (Å²) in [6.45, 7) is 1.47. The lowest BCUT2D eigenvalue weighted by Gasteiger charge is -2.19. The van der Waals surface area contributed by atoms with Gasteiger partial charge in [0.1, 0.15) is 18.2 Å². The van der Waals surface area contributed by atoms with Crippen molar-refractivity contribution in [1.82, 2.24) is 14.5 Å². The zero-order chi connectivity index (χ0) is 21.9. The van der Waals surface area contributed by atoms with Crippen LogP contribution in [0.15, 0.2) is 52.5 Å². The quantitative estimate of drug-likeness (QED) is 0.456. The standard InChI is InChI=1S/C23H22N4O4S/c28-21(25-16-6-7-19-20(11-16)31-10-9-30-19)14-32-22-17-4-1-5-18(17)27(23(29)26-22)13-15-3-2-8-24-12-15/h2-3,6-8,11-12H,1,4-5,9-10,13-14H2,(H,25,28). The van der Waals surface area contributed by atoms with E-state index in [4.69, 9.17) is 9.47 Å². The summed E-state index contributed by atoms with van der Waals surface area (Å²) in [6.07, 6.45) is 6.15.